The van der Waals surface area contributed by atoms with E-state index in [-0.39, 0.29) is 16.5 Å². The van der Waals surface area contributed by atoms with Gasteiger partial charge in [0.2, 0.25) is 0 Å². The highest BCUT2D eigenvalue weighted by atomic mass is 16.6. The summed E-state index contributed by atoms with van der Waals surface area (Å²) in [6, 6.07) is 13.7. The number of nitro groups is 1. The average Bonchev–Trinajstić information content (AvgIpc) is 2.74. The van der Waals surface area contributed by atoms with Crippen LogP contribution in [0.1, 0.15) is 23.2 Å². The molecule has 2 aromatic rings. The number of benzene rings is 2. The van der Waals surface area contributed by atoms with Crippen molar-refractivity contribution in [3.63, 3.8) is 0 Å². The van der Waals surface area contributed by atoms with Gasteiger partial charge in [0.1, 0.15) is 5.69 Å². The molecule has 0 unspecified atom stereocenters. The number of hydrogen-bond donors (Lipinski definition) is 2. The lowest BCUT2D eigenvalue weighted by Gasteiger charge is -2.33. The normalized spacial score (nSPS) is 14.4. The number of carbonyl (C=O) groups excluding carboxylic acids is 1. The minimum absolute atomic E-state index is 0.0252. The molecule has 1 aliphatic heterocycles. The number of piperidine rings is 1. The number of nitrogens with zero attached hydrogens (tertiary/aromatic N) is 2. The fraction of sp³-hybridized carbons (Fsp3) is 0.350. The zero-order valence-corrected chi connectivity index (χ0v) is 16.5. The van der Waals surface area contributed by atoms with Crippen LogP contribution in [0.15, 0.2) is 48.5 Å². The third kappa shape index (κ3) is 5.55. The van der Waals surface area contributed by atoms with Crippen LogP contribution in [0.2, 0.25) is 0 Å². The van der Waals surface area contributed by atoms with E-state index in [0.717, 1.165) is 19.4 Å². The Morgan fingerprint density at radius 2 is 1.97 bits per heavy atom. The van der Waals surface area contributed by atoms with Gasteiger partial charge in [-0.15, -0.1) is 0 Å². The van der Waals surface area contributed by atoms with E-state index in [2.05, 4.69) is 10.5 Å². The minimum Gasteiger partial charge on any atom is -0.427 e. The SMILES string of the molecule is COBNCC1CCN(c2cc(C(=O)Nc3ccccc3)ccc2[N+](=O)[O-])CC1. The van der Waals surface area contributed by atoms with Gasteiger partial charge in [-0.25, -0.2) is 0 Å². The Kier molecular flexibility index (Phi) is 7.21. The van der Waals surface area contributed by atoms with E-state index in [1.54, 1.807) is 25.3 Å². The molecule has 3 rings (SSSR count). The van der Waals surface area contributed by atoms with Gasteiger partial charge in [0, 0.05) is 37.5 Å². The fourth-order valence-electron chi connectivity index (χ4n) is 3.54. The van der Waals surface area contributed by atoms with Crippen molar-refractivity contribution < 1.29 is 14.4 Å². The second-order valence-corrected chi connectivity index (χ2v) is 7.10. The van der Waals surface area contributed by atoms with E-state index in [1.807, 2.05) is 23.1 Å². The molecule has 1 amide bonds. The number of amides is 1. The lowest BCUT2D eigenvalue weighted by molar-refractivity contribution is -0.384. The molecule has 0 radical (unpaired) electrons. The summed E-state index contributed by atoms with van der Waals surface area (Å²) in [5.41, 5.74) is 1.61. The maximum absolute atomic E-state index is 12.6. The van der Waals surface area contributed by atoms with Crippen molar-refractivity contribution in [2.45, 2.75) is 12.8 Å². The van der Waals surface area contributed by atoms with Gasteiger partial charge in [-0.05, 0) is 49.6 Å². The first-order valence-electron chi connectivity index (χ1n) is 9.68. The van der Waals surface area contributed by atoms with Gasteiger partial charge in [0.25, 0.3) is 11.6 Å². The molecular weight excluding hydrogens is 371 g/mol. The molecule has 0 saturated carbocycles. The Hall–Kier alpha value is -2.91. The van der Waals surface area contributed by atoms with Crippen LogP contribution in [-0.2, 0) is 4.65 Å². The largest absolute Gasteiger partial charge is 0.427 e. The Balaban J connectivity index is 1.72. The molecule has 0 atom stereocenters. The smallest absolute Gasteiger partial charge is 0.360 e. The number of anilines is 2. The van der Waals surface area contributed by atoms with Crippen molar-refractivity contribution in [1.29, 1.82) is 0 Å². The van der Waals surface area contributed by atoms with Crippen LogP contribution in [0.3, 0.4) is 0 Å². The van der Waals surface area contributed by atoms with Crippen LogP contribution in [0.5, 0.6) is 0 Å². The van der Waals surface area contributed by atoms with Gasteiger partial charge in [0.15, 0.2) is 0 Å². The van der Waals surface area contributed by atoms with Crippen LogP contribution >= 0.6 is 0 Å². The maximum Gasteiger partial charge on any atom is 0.360 e. The number of nitrogens with one attached hydrogen (secondary N) is 2. The highest BCUT2D eigenvalue weighted by Gasteiger charge is 2.26. The van der Waals surface area contributed by atoms with Gasteiger partial charge in [-0.2, -0.15) is 0 Å². The van der Waals surface area contributed by atoms with Gasteiger partial charge >= 0.3 is 7.62 Å². The predicted octanol–water partition coefficient (Wildman–Crippen LogP) is 2.57. The molecule has 0 aromatic heterocycles. The van der Waals surface area contributed by atoms with Crippen molar-refractivity contribution >= 4 is 30.6 Å². The Morgan fingerprint density at radius 1 is 1.24 bits per heavy atom. The first-order valence-corrected chi connectivity index (χ1v) is 9.68. The molecule has 0 spiro atoms. The van der Waals surface area contributed by atoms with Crippen molar-refractivity contribution in [2.75, 3.05) is 37.0 Å². The molecule has 2 N–H and O–H groups in total. The number of nitro benzene ring substituents is 1. The van der Waals surface area contributed by atoms with Crippen molar-refractivity contribution in [1.82, 2.24) is 5.23 Å². The topological polar surface area (TPSA) is 96.7 Å². The molecular formula is C20H25BN4O4. The zero-order valence-electron chi connectivity index (χ0n) is 16.5. The van der Waals surface area contributed by atoms with Crippen molar-refractivity contribution in [2.24, 2.45) is 5.92 Å². The standard InChI is InChI=1S/C20H25BN4O4/c1-29-21-22-14-15-9-11-24(12-10-15)19-13-16(7-8-18(19)25(27)28)20(26)23-17-5-3-2-4-6-17/h2-8,13,15,21-22H,9-12,14H2,1H3,(H,23,26). The summed E-state index contributed by atoms with van der Waals surface area (Å²) in [5.74, 6) is 0.219. The van der Waals surface area contributed by atoms with Gasteiger partial charge in [0.05, 0.1) is 4.92 Å². The summed E-state index contributed by atoms with van der Waals surface area (Å²) in [7, 11) is 2.17. The predicted molar refractivity (Wildman–Crippen MR) is 115 cm³/mol. The molecule has 9 heteroatoms. The Bertz CT molecular complexity index is 842. The highest BCUT2D eigenvalue weighted by Crippen LogP contribution is 2.32. The molecule has 2 aromatic carbocycles. The third-order valence-electron chi connectivity index (χ3n) is 5.10. The molecule has 0 bridgehead atoms. The first-order chi connectivity index (χ1) is 14.1. The lowest BCUT2D eigenvalue weighted by Crippen LogP contribution is -2.38. The maximum atomic E-state index is 12.6. The average molecular weight is 396 g/mol. The fourth-order valence-corrected chi connectivity index (χ4v) is 3.54. The monoisotopic (exact) mass is 396 g/mol. The summed E-state index contributed by atoms with van der Waals surface area (Å²) in [6.45, 7) is 2.29. The second-order valence-electron chi connectivity index (χ2n) is 7.10. The number of para-hydroxylation sites is 1. The van der Waals surface area contributed by atoms with E-state index in [9.17, 15) is 14.9 Å². The minimum atomic E-state index is -0.388. The summed E-state index contributed by atoms with van der Waals surface area (Å²) in [6.07, 6.45) is 1.85. The molecule has 0 aliphatic carbocycles. The van der Waals surface area contributed by atoms with Crippen molar-refractivity contribution in [3.05, 3.63) is 64.2 Å². The van der Waals surface area contributed by atoms with Crippen LogP contribution in [-0.4, -0.2) is 45.2 Å². The van der Waals surface area contributed by atoms with Crippen LogP contribution in [0.4, 0.5) is 17.1 Å². The van der Waals surface area contributed by atoms with Gasteiger partial charge in [-0.1, -0.05) is 18.2 Å². The number of rotatable bonds is 8. The summed E-state index contributed by atoms with van der Waals surface area (Å²) in [4.78, 5) is 25.8. The van der Waals surface area contributed by atoms with E-state index in [0.29, 0.717) is 43.6 Å². The Morgan fingerprint density at radius 3 is 2.62 bits per heavy atom. The molecule has 1 fully saturated rings. The van der Waals surface area contributed by atoms with E-state index >= 15 is 0 Å². The molecule has 1 aliphatic rings. The third-order valence-corrected chi connectivity index (χ3v) is 5.10. The van der Waals surface area contributed by atoms with E-state index in [4.69, 9.17) is 4.65 Å². The van der Waals surface area contributed by atoms with Crippen molar-refractivity contribution in [3.8, 4) is 0 Å². The molecule has 29 heavy (non-hydrogen) atoms. The second kappa shape index (κ2) is 10.0. The molecule has 8 nitrogen and oxygen atoms in total. The highest BCUT2D eigenvalue weighted by molar-refractivity contribution is 6.23. The quantitative estimate of drug-likeness (QED) is 0.308. The first kappa shape index (κ1) is 20.8. The van der Waals surface area contributed by atoms with Crippen LogP contribution < -0.4 is 15.4 Å². The summed E-state index contributed by atoms with van der Waals surface area (Å²) < 4.78 is 5.01. The van der Waals surface area contributed by atoms with Gasteiger partial charge in [-0.3, -0.25) is 14.9 Å². The molecule has 1 heterocycles. The van der Waals surface area contributed by atoms with Crippen LogP contribution in [0.25, 0.3) is 0 Å². The summed E-state index contributed by atoms with van der Waals surface area (Å²) >= 11 is 0. The van der Waals surface area contributed by atoms with Gasteiger partial charge < -0.3 is 20.1 Å². The molecule has 1 saturated heterocycles. The number of hydrogen-bond acceptors (Lipinski definition) is 6. The van der Waals surface area contributed by atoms with Crippen LogP contribution in [0, 0.1) is 16.0 Å². The summed E-state index contributed by atoms with van der Waals surface area (Å²) in [5, 5.41) is 17.6. The van der Waals surface area contributed by atoms with E-state index < -0.39 is 0 Å². The molecule has 152 valence electrons. The number of carbonyl (C=O) groups is 1. The van der Waals surface area contributed by atoms with E-state index in [1.165, 1.54) is 12.1 Å². The zero-order chi connectivity index (χ0) is 20.6. The Labute approximate surface area is 170 Å². The lowest BCUT2D eigenvalue weighted by atomic mass is 9.95.